The zero-order valence-corrected chi connectivity index (χ0v) is 19.2. The van der Waals surface area contributed by atoms with Crippen LogP contribution in [-0.4, -0.2) is 61.9 Å². The molecule has 0 amide bonds. The standard InChI is InChI=1S/C19H13F9N6O2S/c1-3-37(35,36)11-7-30-15(16-31-8-34(2)33-16)32-13(11)10-5-4-9(6-29-10)12(20)14(21)17(22,23)18(24,25)19(26,27)28/h4-8H,3H2,1-2H3/b14-12+. The summed E-state index contributed by atoms with van der Waals surface area (Å²) in [6.45, 7) is 1.30. The van der Waals surface area contributed by atoms with Crippen LogP contribution >= 0.6 is 0 Å². The van der Waals surface area contributed by atoms with E-state index in [0.29, 0.717) is 12.3 Å². The minimum atomic E-state index is -6.92. The van der Waals surface area contributed by atoms with Crippen molar-refractivity contribution in [1.29, 1.82) is 0 Å². The average Bonchev–Trinajstić information content (AvgIpc) is 3.28. The van der Waals surface area contributed by atoms with Gasteiger partial charge in [-0.2, -0.15) is 30.7 Å². The van der Waals surface area contributed by atoms with Gasteiger partial charge in [0.25, 0.3) is 0 Å². The molecule has 18 heteroatoms. The van der Waals surface area contributed by atoms with E-state index in [9.17, 15) is 47.9 Å². The maximum absolute atomic E-state index is 14.2. The van der Waals surface area contributed by atoms with Gasteiger partial charge in [-0.3, -0.25) is 9.67 Å². The zero-order chi connectivity index (χ0) is 28.0. The second-order valence-electron chi connectivity index (χ2n) is 7.26. The van der Waals surface area contributed by atoms with Crippen molar-refractivity contribution in [3.8, 4) is 23.0 Å². The van der Waals surface area contributed by atoms with E-state index in [1.54, 1.807) is 0 Å². The van der Waals surface area contributed by atoms with Crippen molar-refractivity contribution >= 4 is 15.7 Å². The summed E-state index contributed by atoms with van der Waals surface area (Å²) >= 11 is 0. The minimum Gasteiger partial charge on any atom is -0.255 e. The molecule has 0 bridgehead atoms. The fourth-order valence-corrected chi connectivity index (χ4v) is 3.70. The van der Waals surface area contributed by atoms with Crippen LogP contribution in [0.4, 0.5) is 39.5 Å². The topological polar surface area (TPSA) is 104 Å². The lowest BCUT2D eigenvalue weighted by Crippen LogP contribution is -2.52. The summed E-state index contributed by atoms with van der Waals surface area (Å²) in [6.07, 6.45) is -4.38. The molecule has 0 aliphatic rings. The third-order valence-corrected chi connectivity index (χ3v) is 6.48. The maximum Gasteiger partial charge on any atom is 0.460 e. The summed E-state index contributed by atoms with van der Waals surface area (Å²) in [6, 6.07) is 1.26. The molecule has 8 nitrogen and oxygen atoms in total. The summed E-state index contributed by atoms with van der Waals surface area (Å²) < 4.78 is 144. The number of hydrogen-bond donors (Lipinski definition) is 0. The molecule has 3 aromatic rings. The van der Waals surface area contributed by atoms with Crippen LogP contribution in [0.2, 0.25) is 0 Å². The van der Waals surface area contributed by atoms with Crippen molar-refractivity contribution in [1.82, 2.24) is 29.7 Å². The van der Waals surface area contributed by atoms with Crippen LogP contribution in [0.3, 0.4) is 0 Å². The fourth-order valence-electron chi connectivity index (χ4n) is 2.73. The second-order valence-corrected chi connectivity index (χ2v) is 9.51. The molecule has 0 N–H and O–H groups in total. The molecule has 0 radical (unpaired) electrons. The number of alkyl halides is 7. The molecule has 0 aliphatic heterocycles. The van der Waals surface area contributed by atoms with Crippen LogP contribution in [0.25, 0.3) is 28.9 Å². The molecule has 0 spiro atoms. The van der Waals surface area contributed by atoms with Crippen LogP contribution in [0.15, 0.2) is 41.6 Å². The van der Waals surface area contributed by atoms with E-state index < -0.39 is 55.7 Å². The fraction of sp³-hybridized carbons (Fsp3) is 0.316. The number of aryl methyl sites for hydroxylation is 1. The lowest BCUT2D eigenvalue weighted by atomic mass is 10.1. The Bertz CT molecular complexity index is 1450. The van der Waals surface area contributed by atoms with Crippen LogP contribution in [0.1, 0.15) is 12.5 Å². The zero-order valence-electron chi connectivity index (χ0n) is 18.4. The number of pyridine rings is 1. The first-order valence-electron chi connectivity index (χ1n) is 9.74. The van der Waals surface area contributed by atoms with Gasteiger partial charge in [-0.1, -0.05) is 6.92 Å². The summed E-state index contributed by atoms with van der Waals surface area (Å²) in [5.74, 6) is -20.6. The number of rotatable bonds is 7. The van der Waals surface area contributed by atoms with E-state index >= 15 is 0 Å². The molecule has 0 saturated carbocycles. The Morgan fingerprint density at radius 2 is 1.59 bits per heavy atom. The van der Waals surface area contributed by atoms with Crippen molar-refractivity contribution in [2.24, 2.45) is 7.05 Å². The lowest BCUT2D eigenvalue weighted by molar-refractivity contribution is -0.347. The number of nitrogens with zero attached hydrogens (tertiary/aromatic N) is 6. The van der Waals surface area contributed by atoms with Crippen molar-refractivity contribution in [3.05, 3.63) is 42.2 Å². The third kappa shape index (κ3) is 5.01. The number of hydrogen-bond acceptors (Lipinski definition) is 7. The molecule has 0 aromatic carbocycles. The van der Waals surface area contributed by atoms with E-state index in [1.165, 1.54) is 25.0 Å². The monoisotopic (exact) mass is 560 g/mol. The third-order valence-electron chi connectivity index (χ3n) is 4.75. The molecule has 0 atom stereocenters. The smallest absolute Gasteiger partial charge is 0.255 e. The Balaban J connectivity index is 2.11. The normalized spacial score (nSPS) is 14.0. The predicted octanol–water partition coefficient (Wildman–Crippen LogP) is 4.57. The van der Waals surface area contributed by atoms with Gasteiger partial charge >= 0.3 is 18.0 Å². The van der Waals surface area contributed by atoms with Crippen molar-refractivity contribution in [2.45, 2.75) is 29.8 Å². The number of allylic oxidation sites excluding steroid dienone is 1. The largest absolute Gasteiger partial charge is 0.460 e. The maximum atomic E-state index is 14.2. The van der Waals surface area contributed by atoms with E-state index in [2.05, 4.69) is 25.0 Å². The first-order valence-corrected chi connectivity index (χ1v) is 11.4. The molecule has 0 aliphatic carbocycles. The van der Waals surface area contributed by atoms with Gasteiger partial charge in [0, 0.05) is 18.8 Å². The average molecular weight is 560 g/mol. The molecular weight excluding hydrogens is 547 g/mol. The minimum absolute atomic E-state index is 0.0373. The van der Waals surface area contributed by atoms with Gasteiger partial charge in [0.2, 0.25) is 11.7 Å². The molecule has 3 rings (SSSR count). The first-order chi connectivity index (χ1) is 16.9. The van der Waals surface area contributed by atoms with Gasteiger partial charge in [0.1, 0.15) is 16.9 Å². The second kappa shape index (κ2) is 9.38. The van der Waals surface area contributed by atoms with Gasteiger partial charge < -0.3 is 0 Å². The van der Waals surface area contributed by atoms with E-state index in [1.807, 2.05) is 0 Å². The van der Waals surface area contributed by atoms with Gasteiger partial charge in [-0.05, 0) is 12.1 Å². The van der Waals surface area contributed by atoms with Gasteiger partial charge in [0.05, 0.1) is 17.6 Å². The number of aromatic nitrogens is 6. The van der Waals surface area contributed by atoms with Crippen molar-refractivity contribution in [3.63, 3.8) is 0 Å². The highest BCUT2D eigenvalue weighted by atomic mass is 32.2. The van der Waals surface area contributed by atoms with Gasteiger partial charge in [-0.25, -0.2) is 32.2 Å². The molecule has 0 fully saturated rings. The molecule has 3 aromatic heterocycles. The highest BCUT2D eigenvalue weighted by molar-refractivity contribution is 7.91. The highest BCUT2D eigenvalue weighted by Gasteiger charge is 2.75. The van der Waals surface area contributed by atoms with Crippen LogP contribution in [-0.2, 0) is 16.9 Å². The molecule has 3 heterocycles. The van der Waals surface area contributed by atoms with Crippen LogP contribution in [0.5, 0.6) is 0 Å². The van der Waals surface area contributed by atoms with Gasteiger partial charge in [-0.15, -0.1) is 5.10 Å². The first kappa shape index (κ1) is 28.0. The summed E-state index contributed by atoms with van der Waals surface area (Å²) in [7, 11) is -2.49. The van der Waals surface area contributed by atoms with Crippen LogP contribution < -0.4 is 0 Å². The number of halogens is 9. The molecule has 0 saturated heterocycles. The Morgan fingerprint density at radius 1 is 0.946 bits per heavy atom. The summed E-state index contributed by atoms with van der Waals surface area (Å²) in [5.41, 5.74) is -1.97. The van der Waals surface area contributed by atoms with E-state index in [4.69, 9.17) is 0 Å². The van der Waals surface area contributed by atoms with Gasteiger partial charge in [0.15, 0.2) is 21.5 Å². The van der Waals surface area contributed by atoms with Crippen LogP contribution in [0, 0.1) is 0 Å². The molecule has 0 unspecified atom stereocenters. The summed E-state index contributed by atoms with van der Waals surface area (Å²) in [5, 5.41) is 3.95. The van der Waals surface area contributed by atoms with Crippen molar-refractivity contribution in [2.75, 3.05) is 5.75 Å². The Labute approximate surface area is 201 Å². The number of sulfone groups is 1. The summed E-state index contributed by atoms with van der Waals surface area (Å²) in [4.78, 5) is 14.9. The Morgan fingerprint density at radius 3 is 2.08 bits per heavy atom. The lowest BCUT2D eigenvalue weighted by Gasteiger charge is -2.27. The molecular formula is C19H13F9N6O2S. The Hall–Kier alpha value is -3.57. The SMILES string of the molecule is CCS(=O)(=O)c1cnc(-c2ncn(C)n2)nc1-c1ccc(/C(F)=C(\F)C(F)(F)C(F)(F)C(F)(F)F)cn1. The molecule has 200 valence electrons. The predicted molar refractivity (Wildman–Crippen MR) is 108 cm³/mol. The van der Waals surface area contributed by atoms with E-state index in [0.717, 1.165) is 12.3 Å². The highest BCUT2D eigenvalue weighted by Crippen LogP contribution is 2.51. The molecule has 37 heavy (non-hydrogen) atoms. The Kier molecular flexibility index (Phi) is 7.10. The van der Waals surface area contributed by atoms with E-state index in [-0.39, 0.29) is 23.0 Å². The van der Waals surface area contributed by atoms with Crippen molar-refractivity contribution < 1.29 is 47.9 Å². The quantitative estimate of drug-likeness (QED) is 0.390.